The molecule has 0 heterocycles. The average Bonchev–Trinajstić information content (AvgIpc) is 2.25. The van der Waals surface area contributed by atoms with Crippen molar-refractivity contribution in [2.24, 2.45) is 0 Å². The Kier molecular flexibility index (Phi) is 7.78. The summed E-state index contributed by atoms with van der Waals surface area (Å²) in [6, 6.07) is 0. The molecule has 0 aromatic carbocycles. The minimum atomic E-state index is -4.89. The molecule has 22 heavy (non-hydrogen) atoms. The first kappa shape index (κ1) is 21.6. The van der Waals surface area contributed by atoms with E-state index in [1.807, 2.05) is 0 Å². The van der Waals surface area contributed by atoms with E-state index in [9.17, 15) is 22.8 Å². The van der Waals surface area contributed by atoms with Crippen LogP contribution in [0.3, 0.4) is 0 Å². The number of carbonyl (C=O) groups is 2. The number of esters is 2. The third-order valence-electron chi connectivity index (χ3n) is 2.58. The number of halogens is 6. The summed E-state index contributed by atoms with van der Waals surface area (Å²) in [7, 11) is 0. The molecule has 0 fully saturated rings. The van der Waals surface area contributed by atoms with Gasteiger partial charge in [0.25, 0.3) is 0 Å². The van der Waals surface area contributed by atoms with Gasteiger partial charge in [0.2, 0.25) is 4.33 Å². The van der Waals surface area contributed by atoms with Crippen LogP contribution < -0.4 is 0 Å². The molecule has 0 spiro atoms. The Labute approximate surface area is 141 Å². The molecule has 0 amide bonds. The zero-order valence-corrected chi connectivity index (χ0v) is 14.4. The lowest BCUT2D eigenvalue weighted by atomic mass is 9.99. The second-order valence-electron chi connectivity index (χ2n) is 4.93. The Morgan fingerprint density at radius 3 is 2.05 bits per heavy atom. The van der Waals surface area contributed by atoms with E-state index in [0.717, 1.165) is 0 Å². The molecule has 0 N–H and O–H groups in total. The summed E-state index contributed by atoms with van der Waals surface area (Å²) in [5.41, 5.74) is -1.52. The lowest BCUT2D eigenvalue weighted by Crippen LogP contribution is -2.45. The monoisotopic (exact) mass is 386 g/mol. The molecule has 0 bridgehead atoms. The largest absolute Gasteiger partial charge is 0.466 e. The van der Waals surface area contributed by atoms with Crippen LogP contribution in [-0.4, -0.2) is 40.0 Å². The topological polar surface area (TPSA) is 52.6 Å². The van der Waals surface area contributed by atoms with Gasteiger partial charge in [-0.2, -0.15) is 13.2 Å². The Hall–Kier alpha value is -0.400. The molecule has 4 nitrogen and oxygen atoms in total. The van der Waals surface area contributed by atoms with Crippen LogP contribution in [0.1, 0.15) is 33.6 Å². The summed E-state index contributed by atoms with van der Waals surface area (Å²) in [5, 5.41) is -1.34. The van der Waals surface area contributed by atoms with Gasteiger partial charge in [-0.3, -0.25) is 9.59 Å². The predicted molar refractivity (Wildman–Crippen MR) is 76.2 cm³/mol. The van der Waals surface area contributed by atoms with Gasteiger partial charge in [0.1, 0.15) is 12.0 Å². The van der Waals surface area contributed by atoms with Crippen molar-refractivity contribution in [1.29, 1.82) is 0 Å². The molecule has 0 aliphatic heterocycles. The highest BCUT2D eigenvalue weighted by molar-refractivity contribution is 6.49. The smallest absolute Gasteiger partial charge is 0.421 e. The molecule has 0 aliphatic rings. The van der Waals surface area contributed by atoms with E-state index in [2.05, 4.69) is 4.74 Å². The second-order valence-corrected chi connectivity index (χ2v) is 6.94. The van der Waals surface area contributed by atoms with Gasteiger partial charge in [-0.15, -0.1) is 11.6 Å². The summed E-state index contributed by atoms with van der Waals surface area (Å²) in [5.74, 6) is -1.79. The average molecular weight is 388 g/mol. The first-order valence-electron chi connectivity index (χ1n) is 6.19. The number of rotatable bonds is 7. The van der Waals surface area contributed by atoms with Crippen LogP contribution in [-0.2, 0) is 19.1 Å². The van der Waals surface area contributed by atoms with Gasteiger partial charge in [-0.1, -0.05) is 23.2 Å². The molecule has 0 aromatic rings. The summed E-state index contributed by atoms with van der Waals surface area (Å²) >= 11 is 16.3. The minimum Gasteiger partial charge on any atom is -0.466 e. The van der Waals surface area contributed by atoms with E-state index in [0.29, 0.717) is 0 Å². The first-order chi connectivity index (χ1) is 9.73. The first-order valence-corrected chi connectivity index (χ1v) is 7.38. The third kappa shape index (κ3) is 6.79. The van der Waals surface area contributed by atoms with E-state index >= 15 is 0 Å². The molecule has 130 valence electrons. The fourth-order valence-electron chi connectivity index (χ4n) is 1.31. The molecule has 10 heteroatoms. The summed E-state index contributed by atoms with van der Waals surface area (Å²) in [4.78, 5) is 22.7. The van der Waals surface area contributed by atoms with Crippen LogP contribution in [0.4, 0.5) is 13.2 Å². The fraction of sp³-hybridized carbons (Fsp3) is 0.833. The molecule has 1 unspecified atom stereocenters. The minimum absolute atomic E-state index is 0.0836. The van der Waals surface area contributed by atoms with Gasteiger partial charge in [0, 0.05) is 6.42 Å². The maximum absolute atomic E-state index is 12.6. The zero-order valence-electron chi connectivity index (χ0n) is 12.1. The van der Waals surface area contributed by atoms with Crippen molar-refractivity contribution in [2.45, 2.75) is 55.1 Å². The maximum Gasteiger partial charge on any atom is 0.421 e. The highest BCUT2D eigenvalue weighted by Gasteiger charge is 2.55. The summed E-state index contributed by atoms with van der Waals surface area (Å²) < 4.78 is 44.2. The van der Waals surface area contributed by atoms with Crippen molar-refractivity contribution in [3.63, 3.8) is 0 Å². The number of carbonyl (C=O) groups excluding carboxylic acids is 2. The quantitative estimate of drug-likeness (QED) is 0.376. The van der Waals surface area contributed by atoms with Crippen molar-refractivity contribution < 1.29 is 32.2 Å². The summed E-state index contributed by atoms with van der Waals surface area (Å²) in [6.07, 6.45) is -6.47. The number of hydrogen-bond acceptors (Lipinski definition) is 4. The molecule has 0 rings (SSSR count). The van der Waals surface area contributed by atoms with E-state index in [-0.39, 0.29) is 6.61 Å². The van der Waals surface area contributed by atoms with Gasteiger partial charge in [-0.25, -0.2) is 0 Å². The van der Waals surface area contributed by atoms with Gasteiger partial charge in [0.05, 0.1) is 12.0 Å². The normalized spacial score (nSPS) is 14.4. The van der Waals surface area contributed by atoms with Crippen molar-refractivity contribution in [3.05, 3.63) is 0 Å². The van der Waals surface area contributed by atoms with Crippen LogP contribution in [0.5, 0.6) is 0 Å². The Morgan fingerprint density at radius 2 is 1.64 bits per heavy atom. The Morgan fingerprint density at radius 1 is 1.14 bits per heavy atom. The van der Waals surface area contributed by atoms with Crippen molar-refractivity contribution in [3.8, 4) is 0 Å². The molecule has 1 atom stereocenters. The standard InChI is InChI=1S/C12H16Cl3F3O4/c1-4-21-8(19)5-9(20)22-10(2,3)7(13)6-11(14,15)12(16,17)18/h7H,4-6H2,1-3H3. The molecular weight excluding hydrogens is 371 g/mol. The second kappa shape index (κ2) is 7.93. The molecular formula is C12H16Cl3F3O4. The number of ether oxygens (including phenoxy) is 2. The van der Waals surface area contributed by atoms with Gasteiger partial charge >= 0.3 is 18.1 Å². The zero-order chi connectivity index (χ0) is 17.8. The molecule has 0 saturated heterocycles. The lowest BCUT2D eigenvalue weighted by molar-refractivity contribution is -0.164. The fourth-order valence-corrected chi connectivity index (χ4v) is 2.05. The molecule has 0 aromatic heterocycles. The van der Waals surface area contributed by atoms with Crippen LogP contribution in [0.2, 0.25) is 0 Å². The van der Waals surface area contributed by atoms with Crippen molar-refractivity contribution in [1.82, 2.24) is 0 Å². The van der Waals surface area contributed by atoms with Gasteiger partial charge in [0.15, 0.2) is 0 Å². The van der Waals surface area contributed by atoms with Crippen LogP contribution in [0.25, 0.3) is 0 Å². The lowest BCUT2D eigenvalue weighted by Gasteiger charge is -2.33. The van der Waals surface area contributed by atoms with Gasteiger partial charge in [-0.05, 0) is 20.8 Å². The highest BCUT2D eigenvalue weighted by Crippen LogP contribution is 2.45. The van der Waals surface area contributed by atoms with Crippen LogP contribution in [0, 0.1) is 0 Å². The van der Waals surface area contributed by atoms with Crippen LogP contribution in [0.15, 0.2) is 0 Å². The SMILES string of the molecule is CCOC(=O)CC(=O)OC(C)(C)C(Cl)CC(Cl)(Cl)C(F)(F)F. The number of hydrogen-bond donors (Lipinski definition) is 0. The van der Waals surface area contributed by atoms with Crippen molar-refractivity contribution in [2.75, 3.05) is 6.61 Å². The van der Waals surface area contributed by atoms with Crippen LogP contribution >= 0.6 is 34.8 Å². The van der Waals surface area contributed by atoms with Crippen molar-refractivity contribution >= 4 is 46.7 Å². The van der Waals surface area contributed by atoms with E-state index < -0.39 is 46.3 Å². The predicted octanol–water partition coefficient (Wildman–Crippen LogP) is 4.00. The molecule has 0 aliphatic carbocycles. The highest BCUT2D eigenvalue weighted by atomic mass is 35.5. The van der Waals surface area contributed by atoms with E-state index in [1.54, 1.807) is 6.92 Å². The Bertz CT molecular complexity index is 411. The molecule has 0 radical (unpaired) electrons. The summed E-state index contributed by atoms with van der Waals surface area (Å²) in [6.45, 7) is 4.21. The Balaban J connectivity index is 4.73. The van der Waals surface area contributed by atoms with E-state index in [4.69, 9.17) is 39.5 Å². The maximum atomic E-state index is 12.6. The molecule has 0 saturated carbocycles. The third-order valence-corrected chi connectivity index (χ3v) is 3.99. The van der Waals surface area contributed by atoms with Gasteiger partial charge < -0.3 is 9.47 Å². The number of alkyl halides is 6. The van der Waals surface area contributed by atoms with E-state index in [1.165, 1.54) is 13.8 Å².